The molecule has 0 bridgehead atoms. The molecule has 0 saturated carbocycles. The lowest BCUT2D eigenvalue weighted by Gasteiger charge is -2.11. The molecular formula is C23H19N3O5S3. The van der Waals surface area contributed by atoms with Gasteiger partial charge in [-0.2, -0.15) is 13.5 Å². The van der Waals surface area contributed by atoms with Crippen molar-refractivity contribution in [2.75, 3.05) is 12.9 Å². The minimum Gasteiger partial charge on any atom is -0.493 e. The van der Waals surface area contributed by atoms with Crippen LogP contribution in [0.2, 0.25) is 0 Å². The van der Waals surface area contributed by atoms with Crippen molar-refractivity contribution in [2.45, 2.75) is 9.24 Å². The lowest BCUT2D eigenvalue weighted by atomic mass is 10.2. The molecule has 0 fully saturated rings. The fourth-order valence-corrected chi connectivity index (χ4v) is 5.66. The third-order valence-corrected chi connectivity index (χ3v) is 7.85. The molecule has 1 aromatic heterocycles. The van der Waals surface area contributed by atoms with Crippen molar-refractivity contribution >= 4 is 55.6 Å². The standard InChI is InChI=1S/C23H19N3O5S3/c1-30-19-12-11-16(13-20(19)31-34(28,29)17-7-3-2-4-8-17)14-24-26-22(27)15-32-23-25-18-9-5-6-10-21(18)33-23/h2-14H,15H2,1H3,(H,26,27)/b24-14-. The number of rotatable bonds is 9. The minimum absolute atomic E-state index is 0.00743. The normalized spacial score (nSPS) is 11.6. The van der Waals surface area contributed by atoms with Crippen LogP contribution < -0.4 is 14.3 Å². The summed E-state index contributed by atoms with van der Waals surface area (Å²) in [5, 5.41) is 3.95. The van der Waals surface area contributed by atoms with Crippen LogP contribution in [0.3, 0.4) is 0 Å². The maximum Gasteiger partial charge on any atom is 0.339 e. The Bertz CT molecular complexity index is 1400. The summed E-state index contributed by atoms with van der Waals surface area (Å²) in [6.07, 6.45) is 1.39. The van der Waals surface area contributed by atoms with Gasteiger partial charge in [0.15, 0.2) is 15.8 Å². The van der Waals surface area contributed by atoms with Gasteiger partial charge in [-0.3, -0.25) is 4.79 Å². The van der Waals surface area contributed by atoms with Gasteiger partial charge in [-0.05, 0) is 48.0 Å². The van der Waals surface area contributed by atoms with Gasteiger partial charge in [0.1, 0.15) is 4.90 Å². The summed E-state index contributed by atoms with van der Waals surface area (Å²) in [7, 11) is -2.63. The second kappa shape index (κ2) is 10.7. The second-order valence-corrected chi connectivity index (χ2v) is 10.6. The molecule has 0 spiro atoms. The van der Waals surface area contributed by atoms with E-state index in [1.54, 1.807) is 30.3 Å². The van der Waals surface area contributed by atoms with E-state index in [0.29, 0.717) is 5.56 Å². The number of benzene rings is 3. The molecule has 1 N–H and O–H groups in total. The highest BCUT2D eigenvalue weighted by Gasteiger charge is 2.19. The maximum atomic E-state index is 12.6. The Kier molecular flexibility index (Phi) is 7.46. The monoisotopic (exact) mass is 513 g/mol. The first-order valence-corrected chi connectivity index (χ1v) is 13.1. The summed E-state index contributed by atoms with van der Waals surface area (Å²) in [5.41, 5.74) is 3.87. The molecule has 0 unspecified atom stereocenters. The number of aromatic nitrogens is 1. The highest BCUT2D eigenvalue weighted by atomic mass is 32.2. The van der Waals surface area contributed by atoms with Crippen LogP contribution >= 0.6 is 23.1 Å². The van der Waals surface area contributed by atoms with Crippen LogP contribution in [-0.4, -0.2) is 38.4 Å². The lowest BCUT2D eigenvalue weighted by molar-refractivity contribution is -0.118. The molecule has 0 aliphatic carbocycles. The highest BCUT2D eigenvalue weighted by molar-refractivity contribution is 8.01. The number of thioether (sulfide) groups is 1. The number of hydrogen-bond donors (Lipinski definition) is 1. The van der Waals surface area contributed by atoms with E-state index in [1.165, 1.54) is 54.6 Å². The Balaban J connectivity index is 1.38. The minimum atomic E-state index is -4.04. The summed E-state index contributed by atoms with van der Waals surface area (Å²) < 4.78 is 37.5. The molecule has 1 heterocycles. The third-order valence-electron chi connectivity index (χ3n) is 4.42. The van der Waals surface area contributed by atoms with Crippen LogP contribution in [0.5, 0.6) is 11.5 Å². The fourth-order valence-electron chi connectivity index (χ4n) is 2.84. The van der Waals surface area contributed by atoms with Crippen LogP contribution in [0.1, 0.15) is 5.56 Å². The molecule has 0 saturated heterocycles. The molecule has 4 aromatic rings. The van der Waals surface area contributed by atoms with Crippen LogP contribution in [0.4, 0.5) is 0 Å². The van der Waals surface area contributed by atoms with E-state index in [-0.39, 0.29) is 28.1 Å². The molecule has 0 atom stereocenters. The van der Waals surface area contributed by atoms with Crippen molar-refractivity contribution in [1.82, 2.24) is 10.4 Å². The molecule has 174 valence electrons. The largest absolute Gasteiger partial charge is 0.493 e. The number of para-hydroxylation sites is 1. The third kappa shape index (κ3) is 5.93. The van der Waals surface area contributed by atoms with Gasteiger partial charge in [0.2, 0.25) is 0 Å². The average molecular weight is 514 g/mol. The predicted molar refractivity (Wildman–Crippen MR) is 133 cm³/mol. The molecule has 3 aromatic carbocycles. The van der Waals surface area contributed by atoms with E-state index < -0.39 is 10.1 Å². The topological polar surface area (TPSA) is 107 Å². The van der Waals surface area contributed by atoms with Crippen molar-refractivity contribution < 1.29 is 22.1 Å². The molecule has 0 radical (unpaired) electrons. The van der Waals surface area contributed by atoms with E-state index in [1.807, 2.05) is 24.3 Å². The van der Waals surface area contributed by atoms with E-state index in [2.05, 4.69) is 15.5 Å². The highest BCUT2D eigenvalue weighted by Crippen LogP contribution is 2.31. The number of nitrogens with one attached hydrogen (secondary N) is 1. The number of thiazole rings is 1. The van der Waals surface area contributed by atoms with Crippen molar-refractivity contribution in [3.05, 3.63) is 78.4 Å². The number of nitrogens with zero attached hydrogens (tertiary/aromatic N) is 2. The molecule has 0 aliphatic rings. The summed E-state index contributed by atoms with van der Waals surface area (Å²) >= 11 is 2.86. The van der Waals surface area contributed by atoms with Gasteiger partial charge in [0, 0.05) is 0 Å². The number of carbonyl (C=O) groups excluding carboxylic acids is 1. The zero-order valence-electron chi connectivity index (χ0n) is 17.9. The van der Waals surface area contributed by atoms with Crippen molar-refractivity contribution in [3.8, 4) is 11.5 Å². The van der Waals surface area contributed by atoms with E-state index in [0.717, 1.165) is 14.6 Å². The zero-order chi connectivity index (χ0) is 24.0. The van der Waals surface area contributed by atoms with Gasteiger partial charge in [-0.25, -0.2) is 10.4 Å². The van der Waals surface area contributed by atoms with Crippen molar-refractivity contribution in [1.29, 1.82) is 0 Å². The van der Waals surface area contributed by atoms with Gasteiger partial charge in [-0.1, -0.05) is 42.1 Å². The summed E-state index contributed by atoms with van der Waals surface area (Å²) in [6, 6.07) is 20.3. The number of hydrogen-bond acceptors (Lipinski definition) is 9. The summed E-state index contributed by atoms with van der Waals surface area (Å²) in [5.74, 6) is 0.113. The molecule has 34 heavy (non-hydrogen) atoms. The molecular weight excluding hydrogens is 494 g/mol. The van der Waals surface area contributed by atoms with E-state index >= 15 is 0 Å². The average Bonchev–Trinajstić information content (AvgIpc) is 3.26. The second-order valence-electron chi connectivity index (χ2n) is 6.79. The maximum absolute atomic E-state index is 12.6. The van der Waals surface area contributed by atoms with Crippen LogP contribution in [-0.2, 0) is 14.9 Å². The van der Waals surface area contributed by atoms with Crippen LogP contribution in [0.15, 0.2) is 87.1 Å². The van der Waals surface area contributed by atoms with E-state index in [4.69, 9.17) is 8.92 Å². The van der Waals surface area contributed by atoms with Crippen LogP contribution in [0.25, 0.3) is 10.2 Å². The first kappa shape index (κ1) is 23.7. The lowest BCUT2D eigenvalue weighted by Crippen LogP contribution is -2.19. The summed E-state index contributed by atoms with van der Waals surface area (Å²) in [4.78, 5) is 16.6. The fraction of sp³-hybridized carbons (Fsp3) is 0.0870. The number of ether oxygens (including phenoxy) is 1. The zero-order valence-corrected chi connectivity index (χ0v) is 20.3. The quantitative estimate of drug-likeness (QED) is 0.154. The summed E-state index contributed by atoms with van der Waals surface area (Å²) in [6.45, 7) is 0. The van der Waals surface area contributed by atoms with Gasteiger partial charge >= 0.3 is 10.1 Å². The van der Waals surface area contributed by atoms with E-state index in [9.17, 15) is 13.2 Å². The van der Waals surface area contributed by atoms with Gasteiger partial charge in [0.25, 0.3) is 5.91 Å². The van der Waals surface area contributed by atoms with Gasteiger partial charge < -0.3 is 8.92 Å². The smallest absolute Gasteiger partial charge is 0.339 e. The number of methoxy groups -OCH3 is 1. The Morgan fingerprint density at radius 1 is 1.09 bits per heavy atom. The SMILES string of the molecule is COc1ccc(/C=N\NC(=O)CSc2nc3ccccc3s2)cc1OS(=O)(=O)c1ccccc1. The predicted octanol–water partition coefficient (Wildman–Crippen LogP) is 4.32. The molecule has 11 heteroatoms. The van der Waals surface area contributed by atoms with Gasteiger partial charge in [0.05, 0.1) is 29.3 Å². The molecule has 8 nitrogen and oxygen atoms in total. The van der Waals surface area contributed by atoms with Gasteiger partial charge in [-0.15, -0.1) is 11.3 Å². The molecule has 4 rings (SSSR count). The van der Waals surface area contributed by atoms with Crippen molar-refractivity contribution in [3.63, 3.8) is 0 Å². The van der Waals surface area contributed by atoms with Crippen LogP contribution in [0, 0.1) is 0 Å². The molecule has 1 amide bonds. The number of amides is 1. The number of fused-ring (bicyclic) bond motifs is 1. The Labute approximate surface area is 204 Å². The number of hydrazone groups is 1. The molecule has 0 aliphatic heterocycles. The number of carbonyl (C=O) groups is 1. The first-order chi connectivity index (χ1) is 16.4. The Morgan fingerprint density at radius 2 is 1.85 bits per heavy atom. The van der Waals surface area contributed by atoms with Crippen molar-refractivity contribution in [2.24, 2.45) is 5.10 Å². The Morgan fingerprint density at radius 3 is 2.62 bits per heavy atom. The first-order valence-electron chi connectivity index (χ1n) is 9.92. The Hall–Kier alpha value is -3.41.